The van der Waals surface area contributed by atoms with Crippen LogP contribution < -0.4 is 11.7 Å². The summed E-state index contributed by atoms with van der Waals surface area (Å²) >= 11 is 0. The van der Waals surface area contributed by atoms with E-state index in [1.165, 1.54) is 30.8 Å². The topological polar surface area (TPSA) is 55.3 Å². The van der Waals surface area contributed by atoms with E-state index in [0.29, 0.717) is 6.04 Å². The van der Waals surface area contributed by atoms with Crippen LogP contribution in [0.5, 0.6) is 0 Å². The molecule has 0 saturated carbocycles. The molecular weight excluding hydrogens is 150 g/mol. The fraction of sp³-hybridized carbons (Fsp3) is 1.00. The molecule has 0 rings (SSSR count). The van der Waals surface area contributed by atoms with Crippen molar-refractivity contribution in [3.63, 3.8) is 0 Å². The van der Waals surface area contributed by atoms with Crippen molar-refractivity contribution >= 4 is 0 Å². The number of unbranched alkanes of at least 4 members (excludes halogenated alkanes) is 2. The predicted molar refractivity (Wildman–Crippen MR) is 53.1 cm³/mol. The summed E-state index contributed by atoms with van der Waals surface area (Å²) in [4.78, 5) is 0. The van der Waals surface area contributed by atoms with E-state index in [4.69, 9.17) is 11.7 Å². The Labute approximate surface area is 76.0 Å². The summed E-state index contributed by atoms with van der Waals surface area (Å²) in [7, 11) is 0. The Morgan fingerprint density at radius 1 is 1.00 bits per heavy atom. The third-order valence-electron chi connectivity index (χ3n) is 2.20. The third kappa shape index (κ3) is 5.52. The zero-order valence-corrected chi connectivity index (χ0v) is 8.42. The van der Waals surface area contributed by atoms with Crippen molar-refractivity contribution in [1.82, 2.24) is 5.12 Å². The van der Waals surface area contributed by atoms with Crippen LogP contribution in [0.3, 0.4) is 0 Å². The van der Waals surface area contributed by atoms with Crippen LogP contribution in [0.4, 0.5) is 0 Å². The highest BCUT2D eigenvalue weighted by Gasteiger charge is 2.10. The van der Waals surface area contributed by atoms with E-state index in [1.54, 1.807) is 0 Å². The highest BCUT2D eigenvalue weighted by Crippen LogP contribution is 2.10. The minimum atomic E-state index is 0.380. The quantitative estimate of drug-likeness (QED) is 0.456. The van der Waals surface area contributed by atoms with E-state index in [0.717, 1.165) is 12.8 Å². The van der Waals surface area contributed by atoms with Crippen molar-refractivity contribution in [2.75, 3.05) is 0 Å². The fourth-order valence-corrected chi connectivity index (χ4v) is 1.32. The fourth-order valence-electron chi connectivity index (χ4n) is 1.32. The summed E-state index contributed by atoms with van der Waals surface area (Å²) in [6.45, 7) is 4.38. The predicted octanol–water partition coefficient (Wildman–Crippen LogP) is 1.78. The average molecular weight is 173 g/mol. The zero-order valence-electron chi connectivity index (χ0n) is 8.42. The molecule has 0 saturated heterocycles. The van der Waals surface area contributed by atoms with Gasteiger partial charge in [0.2, 0.25) is 0 Å². The van der Waals surface area contributed by atoms with Gasteiger partial charge in [0.1, 0.15) is 0 Å². The Hall–Kier alpha value is -0.120. The number of hydrazine groups is 2. The Kier molecular flexibility index (Phi) is 7.45. The number of hydrogen-bond donors (Lipinski definition) is 2. The Morgan fingerprint density at radius 3 is 1.67 bits per heavy atom. The minimum Gasteiger partial charge on any atom is -0.255 e. The summed E-state index contributed by atoms with van der Waals surface area (Å²) in [5, 5.41) is 1.38. The van der Waals surface area contributed by atoms with Crippen molar-refractivity contribution in [2.24, 2.45) is 11.7 Å². The van der Waals surface area contributed by atoms with Gasteiger partial charge in [-0.25, -0.2) is 0 Å². The van der Waals surface area contributed by atoms with E-state index in [-0.39, 0.29) is 0 Å². The first-order chi connectivity index (χ1) is 5.72. The number of nitrogens with zero attached hydrogens (tertiary/aromatic N) is 1. The summed E-state index contributed by atoms with van der Waals surface area (Å²) in [6.07, 6.45) is 7.14. The van der Waals surface area contributed by atoms with E-state index in [9.17, 15) is 0 Å². The van der Waals surface area contributed by atoms with E-state index < -0.39 is 0 Å². The molecule has 0 aliphatic carbocycles. The van der Waals surface area contributed by atoms with Gasteiger partial charge in [0.15, 0.2) is 0 Å². The van der Waals surface area contributed by atoms with E-state index in [2.05, 4.69) is 13.8 Å². The standard InChI is InChI=1S/C9H23N3/c1-3-5-7-9(12(10)11)8-6-4-2/h9H,3-8,10-11H2,1-2H3. The Morgan fingerprint density at radius 2 is 1.42 bits per heavy atom. The number of hydrogen-bond acceptors (Lipinski definition) is 3. The molecule has 3 nitrogen and oxygen atoms in total. The summed E-state index contributed by atoms with van der Waals surface area (Å²) in [5.41, 5.74) is 0. The first-order valence-electron chi connectivity index (χ1n) is 5.01. The molecule has 0 radical (unpaired) electrons. The second kappa shape index (κ2) is 7.53. The maximum atomic E-state index is 5.53. The molecule has 0 aliphatic heterocycles. The van der Waals surface area contributed by atoms with Gasteiger partial charge in [-0.2, -0.15) is 5.12 Å². The van der Waals surface area contributed by atoms with Crippen LogP contribution in [0.25, 0.3) is 0 Å². The average Bonchev–Trinajstić information content (AvgIpc) is 2.04. The Bertz CT molecular complexity index is 85.8. The molecule has 0 bridgehead atoms. The normalized spacial score (nSPS) is 11.5. The molecule has 0 fully saturated rings. The highest BCUT2D eigenvalue weighted by molar-refractivity contribution is 4.63. The van der Waals surface area contributed by atoms with Gasteiger partial charge in [-0.05, 0) is 12.8 Å². The highest BCUT2D eigenvalue weighted by atomic mass is 15.6. The lowest BCUT2D eigenvalue weighted by atomic mass is 10.0. The van der Waals surface area contributed by atoms with Gasteiger partial charge in [0.05, 0.1) is 0 Å². The second-order valence-corrected chi connectivity index (χ2v) is 3.39. The molecule has 0 atom stereocenters. The van der Waals surface area contributed by atoms with Crippen molar-refractivity contribution in [2.45, 2.75) is 58.4 Å². The van der Waals surface area contributed by atoms with Gasteiger partial charge in [0.25, 0.3) is 0 Å². The van der Waals surface area contributed by atoms with Crippen molar-refractivity contribution in [1.29, 1.82) is 0 Å². The van der Waals surface area contributed by atoms with Gasteiger partial charge in [-0.1, -0.05) is 39.5 Å². The molecule has 0 aromatic heterocycles. The van der Waals surface area contributed by atoms with Gasteiger partial charge in [0, 0.05) is 6.04 Å². The molecular formula is C9H23N3. The molecule has 0 amide bonds. The molecule has 0 heterocycles. The van der Waals surface area contributed by atoms with E-state index >= 15 is 0 Å². The Balaban J connectivity index is 3.55. The van der Waals surface area contributed by atoms with Gasteiger partial charge in [-0.3, -0.25) is 11.7 Å². The van der Waals surface area contributed by atoms with Crippen LogP contribution in [0.1, 0.15) is 52.4 Å². The van der Waals surface area contributed by atoms with Crippen LogP contribution in [0.15, 0.2) is 0 Å². The smallest absolute Gasteiger partial charge is 0.0395 e. The van der Waals surface area contributed by atoms with Gasteiger partial charge in [-0.15, -0.1) is 0 Å². The van der Waals surface area contributed by atoms with Crippen LogP contribution in [0.2, 0.25) is 0 Å². The molecule has 74 valence electrons. The first kappa shape index (κ1) is 11.9. The molecule has 0 aliphatic rings. The van der Waals surface area contributed by atoms with Gasteiger partial charge >= 0.3 is 0 Å². The third-order valence-corrected chi connectivity index (χ3v) is 2.20. The molecule has 4 N–H and O–H groups in total. The molecule has 0 aromatic rings. The van der Waals surface area contributed by atoms with Crippen molar-refractivity contribution < 1.29 is 0 Å². The lowest BCUT2D eigenvalue weighted by molar-refractivity contribution is 0.178. The zero-order chi connectivity index (χ0) is 9.40. The second-order valence-electron chi connectivity index (χ2n) is 3.39. The maximum absolute atomic E-state index is 5.53. The maximum Gasteiger partial charge on any atom is 0.0395 e. The van der Waals surface area contributed by atoms with Crippen LogP contribution in [-0.4, -0.2) is 11.2 Å². The summed E-state index contributed by atoms with van der Waals surface area (Å²) < 4.78 is 0. The van der Waals surface area contributed by atoms with Gasteiger partial charge < -0.3 is 0 Å². The minimum absolute atomic E-state index is 0.380. The monoisotopic (exact) mass is 173 g/mol. The van der Waals surface area contributed by atoms with Crippen molar-refractivity contribution in [3.8, 4) is 0 Å². The van der Waals surface area contributed by atoms with E-state index in [1.807, 2.05) is 0 Å². The summed E-state index contributed by atoms with van der Waals surface area (Å²) in [6, 6.07) is 0.380. The largest absolute Gasteiger partial charge is 0.255 e. The lowest BCUT2D eigenvalue weighted by Crippen LogP contribution is -2.46. The van der Waals surface area contributed by atoms with Crippen LogP contribution >= 0.6 is 0 Å². The molecule has 12 heavy (non-hydrogen) atoms. The number of nitrogens with two attached hydrogens (primary N) is 2. The van der Waals surface area contributed by atoms with Crippen LogP contribution in [-0.2, 0) is 0 Å². The lowest BCUT2D eigenvalue weighted by Gasteiger charge is -2.22. The van der Waals surface area contributed by atoms with Crippen molar-refractivity contribution in [3.05, 3.63) is 0 Å². The SMILES string of the molecule is CCCCC(CCCC)N(N)N. The molecule has 0 unspecified atom stereocenters. The first-order valence-corrected chi connectivity index (χ1v) is 5.01. The summed E-state index contributed by atoms with van der Waals surface area (Å²) in [5.74, 6) is 11.1. The molecule has 0 aromatic carbocycles. The molecule has 3 heteroatoms. The number of rotatable bonds is 7. The van der Waals surface area contributed by atoms with Crippen LogP contribution in [0, 0.1) is 0 Å². The molecule has 0 spiro atoms.